The second-order valence-electron chi connectivity index (χ2n) is 12.8. The third kappa shape index (κ3) is 21.4. The van der Waals surface area contributed by atoms with Crippen molar-refractivity contribution in [1.82, 2.24) is 0 Å². The normalized spacial score (nSPS) is 19.8. The lowest BCUT2D eigenvalue weighted by atomic mass is 9.90. The largest absolute Gasteiger partial charge is 0.463 e. The van der Waals surface area contributed by atoms with Crippen molar-refractivity contribution in [3.8, 4) is 0 Å². The number of carbonyl (C=O) groups excluding carboxylic acids is 3. The van der Waals surface area contributed by atoms with E-state index < -0.39 is 30.2 Å². The highest BCUT2D eigenvalue weighted by Crippen LogP contribution is 2.33. The Morgan fingerprint density at radius 1 is 0.778 bits per heavy atom. The third-order valence-electron chi connectivity index (χ3n) is 8.57. The lowest BCUT2D eigenvalue weighted by Gasteiger charge is -2.17. The van der Waals surface area contributed by atoms with Crippen molar-refractivity contribution >= 4 is 17.7 Å². The second kappa shape index (κ2) is 27.1. The van der Waals surface area contributed by atoms with Crippen molar-refractivity contribution in [3.63, 3.8) is 0 Å². The van der Waals surface area contributed by atoms with Gasteiger partial charge in [-0.15, -0.1) is 0 Å². The van der Waals surface area contributed by atoms with E-state index in [0.29, 0.717) is 32.1 Å². The maximum absolute atomic E-state index is 12.4. The number of carbonyl (C=O) groups is 3. The fourth-order valence-corrected chi connectivity index (χ4v) is 5.71. The van der Waals surface area contributed by atoms with Crippen LogP contribution in [0.1, 0.15) is 149 Å². The molecular weight excluding hydrogens is 572 g/mol. The van der Waals surface area contributed by atoms with Crippen molar-refractivity contribution in [2.75, 3.05) is 13.2 Å². The molecule has 0 amide bonds. The molecule has 260 valence electrons. The number of hydrogen-bond donors (Lipinski definition) is 3. The van der Waals surface area contributed by atoms with Crippen LogP contribution in [0.15, 0.2) is 24.3 Å². The first-order valence-electron chi connectivity index (χ1n) is 18.0. The predicted molar refractivity (Wildman–Crippen MR) is 179 cm³/mol. The Morgan fingerprint density at radius 2 is 1.31 bits per heavy atom. The summed E-state index contributed by atoms with van der Waals surface area (Å²) in [6.45, 7) is 3.95. The first kappa shape index (κ1) is 41.0. The maximum Gasteiger partial charge on any atom is 0.305 e. The fraction of sp³-hybridized carbons (Fsp3) is 0.811. The van der Waals surface area contributed by atoms with Gasteiger partial charge in [-0.25, -0.2) is 0 Å². The van der Waals surface area contributed by atoms with Crippen molar-refractivity contribution in [3.05, 3.63) is 24.3 Å². The minimum absolute atomic E-state index is 0.00181. The molecule has 0 heterocycles. The van der Waals surface area contributed by atoms with Crippen LogP contribution in [0.5, 0.6) is 0 Å². The standard InChI is InChI=1S/C37H64O8/c1-3-5-7-8-9-10-11-12-13-14-19-23-36(42)44-28-31(39)29-45-37(43)24-20-16-15-18-22-32-33(35(41)27-34(32)40)26-25-30(38)21-17-6-4-2/h15,18,25-26,30-34,38-40H,3-14,16-17,19-24,27-29H2,1-2H3/b18-15-,26-25+/t30-,31+,32+,33+,34-/m0/s1. The van der Waals surface area contributed by atoms with Gasteiger partial charge < -0.3 is 24.8 Å². The number of unbranched alkanes of at least 4 members (excludes halogenated alkanes) is 13. The maximum atomic E-state index is 12.4. The van der Waals surface area contributed by atoms with Gasteiger partial charge in [0.15, 0.2) is 0 Å². The number of hydrogen-bond acceptors (Lipinski definition) is 8. The zero-order valence-corrected chi connectivity index (χ0v) is 28.3. The van der Waals surface area contributed by atoms with E-state index in [1.165, 1.54) is 51.4 Å². The molecule has 0 unspecified atom stereocenters. The smallest absolute Gasteiger partial charge is 0.305 e. The molecule has 0 aromatic carbocycles. The number of ketones is 1. The molecular formula is C37H64O8. The topological polar surface area (TPSA) is 130 Å². The van der Waals surface area contributed by atoms with Crippen LogP contribution < -0.4 is 0 Å². The molecule has 0 saturated heterocycles. The zero-order valence-electron chi connectivity index (χ0n) is 28.3. The highest BCUT2D eigenvalue weighted by molar-refractivity contribution is 5.86. The molecule has 45 heavy (non-hydrogen) atoms. The van der Waals surface area contributed by atoms with Gasteiger partial charge in [-0.1, -0.05) is 122 Å². The summed E-state index contributed by atoms with van der Waals surface area (Å²) in [5, 5.41) is 30.5. The van der Waals surface area contributed by atoms with Gasteiger partial charge in [0, 0.05) is 31.1 Å². The fourth-order valence-electron chi connectivity index (χ4n) is 5.71. The summed E-state index contributed by atoms with van der Waals surface area (Å²) in [7, 11) is 0. The Kier molecular flexibility index (Phi) is 24.7. The van der Waals surface area contributed by atoms with Gasteiger partial charge in [0.25, 0.3) is 0 Å². The number of rotatable bonds is 28. The van der Waals surface area contributed by atoms with Crippen LogP contribution in [0.4, 0.5) is 0 Å². The minimum Gasteiger partial charge on any atom is -0.463 e. The molecule has 0 bridgehead atoms. The monoisotopic (exact) mass is 636 g/mol. The minimum atomic E-state index is -1.05. The van der Waals surface area contributed by atoms with Gasteiger partial charge in [0.2, 0.25) is 0 Å². The highest BCUT2D eigenvalue weighted by atomic mass is 16.6. The Labute approximate surface area is 273 Å². The van der Waals surface area contributed by atoms with Crippen LogP contribution in [0, 0.1) is 11.8 Å². The van der Waals surface area contributed by atoms with Gasteiger partial charge in [-0.2, -0.15) is 0 Å². The van der Waals surface area contributed by atoms with E-state index in [1.54, 1.807) is 12.2 Å². The van der Waals surface area contributed by atoms with Gasteiger partial charge in [0.05, 0.1) is 12.2 Å². The van der Waals surface area contributed by atoms with E-state index in [4.69, 9.17) is 9.47 Å². The summed E-state index contributed by atoms with van der Waals surface area (Å²) >= 11 is 0. The number of allylic oxidation sites excluding steroid dienone is 3. The van der Waals surface area contributed by atoms with E-state index >= 15 is 0 Å². The predicted octanol–water partition coefficient (Wildman–Crippen LogP) is 7.31. The van der Waals surface area contributed by atoms with E-state index in [-0.39, 0.29) is 43.7 Å². The summed E-state index contributed by atoms with van der Waals surface area (Å²) in [5.74, 6) is -1.36. The Morgan fingerprint density at radius 3 is 1.91 bits per heavy atom. The first-order valence-corrected chi connectivity index (χ1v) is 18.0. The zero-order chi connectivity index (χ0) is 33.1. The molecule has 1 aliphatic rings. The number of Topliss-reactive ketones (excluding diaryl/α,β-unsaturated/α-hetero) is 1. The van der Waals surface area contributed by atoms with E-state index in [9.17, 15) is 29.7 Å². The molecule has 1 fully saturated rings. The molecule has 8 heteroatoms. The molecule has 0 spiro atoms. The first-order chi connectivity index (χ1) is 21.8. The number of aliphatic hydroxyl groups excluding tert-OH is 3. The van der Waals surface area contributed by atoms with Crippen molar-refractivity contribution in [2.45, 2.75) is 167 Å². The molecule has 0 aromatic heterocycles. The van der Waals surface area contributed by atoms with E-state index in [1.807, 2.05) is 12.2 Å². The Balaban J connectivity index is 2.10. The highest BCUT2D eigenvalue weighted by Gasteiger charge is 2.39. The Bertz CT molecular complexity index is 838. The third-order valence-corrected chi connectivity index (χ3v) is 8.57. The molecule has 0 aliphatic heterocycles. The lowest BCUT2D eigenvalue weighted by molar-refractivity contribution is -0.152. The molecule has 3 N–H and O–H groups in total. The molecule has 1 saturated carbocycles. The van der Waals surface area contributed by atoms with Gasteiger partial charge in [0.1, 0.15) is 25.1 Å². The summed E-state index contributed by atoms with van der Waals surface area (Å²) < 4.78 is 10.2. The SMILES string of the molecule is CCCCCCCCCCCCCC(=O)OC[C@@H](O)COC(=O)CCC/C=C\C[C@H]1[C@@H](O)CC(=O)[C@@H]1/C=C/[C@@H](O)CCCCC. The summed E-state index contributed by atoms with van der Waals surface area (Å²) in [5.41, 5.74) is 0. The Hall–Kier alpha value is -2.03. The summed E-state index contributed by atoms with van der Waals surface area (Å²) in [6.07, 6.45) is 24.5. The second-order valence-corrected chi connectivity index (χ2v) is 12.8. The molecule has 1 aliphatic carbocycles. The van der Waals surface area contributed by atoms with Crippen molar-refractivity contribution in [2.24, 2.45) is 11.8 Å². The average molecular weight is 637 g/mol. The molecule has 1 rings (SSSR count). The lowest BCUT2D eigenvalue weighted by Crippen LogP contribution is -2.25. The number of ether oxygens (including phenoxy) is 2. The summed E-state index contributed by atoms with van der Waals surface area (Å²) in [6, 6.07) is 0. The molecule has 5 atom stereocenters. The van der Waals surface area contributed by atoms with Crippen LogP contribution in [-0.2, 0) is 23.9 Å². The average Bonchev–Trinajstić information content (AvgIpc) is 3.29. The van der Waals surface area contributed by atoms with Crippen LogP contribution in [-0.4, -0.2) is 64.6 Å². The van der Waals surface area contributed by atoms with Crippen LogP contribution in [0.25, 0.3) is 0 Å². The van der Waals surface area contributed by atoms with Crippen LogP contribution in [0.2, 0.25) is 0 Å². The van der Waals surface area contributed by atoms with Gasteiger partial charge in [-0.05, 0) is 32.1 Å². The molecule has 0 radical (unpaired) electrons. The van der Waals surface area contributed by atoms with E-state index in [0.717, 1.165) is 38.5 Å². The quantitative estimate of drug-likeness (QED) is 0.0463. The van der Waals surface area contributed by atoms with Crippen LogP contribution >= 0.6 is 0 Å². The number of aliphatic hydroxyl groups is 3. The summed E-state index contributed by atoms with van der Waals surface area (Å²) in [4.78, 5) is 36.3. The van der Waals surface area contributed by atoms with Gasteiger partial charge in [-0.3, -0.25) is 14.4 Å². The van der Waals surface area contributed by atoms with E-state index in [2.05, 4.69) is 13.8 Å². The molecule has 8 nitrogen and oxygen atoms in total. The van der Waals surface area contributed by atoms with Crippen molar-refractivity contribution < 1.29 is 39.2 Å². The van der Waals surface area contributed by atoms with Crippen molar-refractivity contribution in [1.29, 1.82) is 0 Å². The van der Waals surface area contributed by atoms with Gasteiger partial charge >= 0.3 is 11.9 Å². The van der Waals surface area contributed by atoms with Crippen LogP contribution in [0.3, 0.4) is 0 Å². The molecule has 0 aromatic rings. The number of esters is 2.